The highest BCUT2D eigenvalue weighted by atomic mass is 35.5. The van der Waals surface area contributed by atoms with Crippen LogP contribution < -0.4 is 10.6 Å². The van der Waals surface area contributed by atoms with E-state index in [-0.39, 0.29) is 5.91 Å². The van der Waals surface area contributed by atoms with E-state index in [1.165, 1.54) is 0 Å². The summed E-state index contributed by atoms with van der Waals surface area (Å²) in [4.78, 5) is 20.3. The molecule has 1 saturated heterocycles. The van der Waals surface area contributed by atoms with E-state index in [1.807, 2.05) is 11.9 Å². The van der Waals surface area contributed by atoms with Crippen LogP contribution in [-0.2, 0) is 4.79 Å². The Bertz CT molecular complexity index is 464. The molecular formula is C14H22ClN5O. The number of anilines is 1. The lowest BCUT2D eigenvalue weighted by Crippen LogP contribution is -2.46. The number of hydrogen-bond acceptors (Lipinski definition) is 5. The number of likely N-dealkylation sites (N-methyl/N-ethyl adjacent to an activating group) is 1. The van der Waals surface area contributed by atoms with Crippen LogP contribution in [0.3, 0.4) is 0 Å². The Kier molecular flexibility index (Phi) is 6.38. The van der Waals surface area contributed by atoms with Crippen molar-refractivity contribution in [2.24, 2.45) is 0 Å². The van der Waals surface area contributed by atoms with Gasteiger partial charge in [0, 0.05) is 45.5 Å². The summed E-state index contributed by atoms with van der Waals surface area (Å²) in [6.45, 7) is 6.44. The highest BCUT2D eigenvalue weighted by Gasteiger charge is 2.12. The van der Waals surface area contributed by atoms with Gasteiger partial charge in [-0.25, -0.2) is 4.98 Å². The zero-order valence-corrected chi connectivity index (χ0v) is 13.1. The molecule has 0 aromatic carbocycles. The van der Waals surface area contributed by atoms with Crippen molar-refractivity contribution in [2.45, 2.75) is 0 Å². The summed E-state index contributed by atoms with van der Waals surface area (Å²) in [7, 11) is 1.95. The predicted molar refractivity (Wildman–Crippen MR) is 84.7 cm³/mol. The summed E-state index contributed by atoms with van der Waals surface area (Å²) in [5.74, 6) is -0.0762. The number of halogens is 1. The molecule has 2 rings (SSSR count). The molecule has 0 unspecified atom stereocenters. The third-order valence-electron chi connectivity index (χ3n) is 3.45. The van der Waals surface area contributed by atoms with Crippen molar-refractivity contribution < 1.29 is 4.79 Å². The third kappa shape index (κ3) is 5.59. The molecule has 6 nitrogen and oxygen atoms in total. The molecule has 2 heterocycles. The number of pyridine rings is 1. The number of carbonyl (C=O) groups is 1. The van der Waals surface area contributed by atoms with Crippen molar-refractivity contribution in [1.29, 1.82) is 0 Å². The Morgan fingerprint density at radius 2 is 2.29 bits per heavy atom. The molecule has 0 bridgehead atoms. The van der Waals surface area contributed by atoms with E-state index in [4.69, 9.17) is 11.6 Å². The van der Waals surface area contributed by atoms with Gasteiger partial charge in [-0.3, -0.25) is 14.6 Å². The van der Waals surface area contributed by atoms with Crippen LogP contribution in [-0.4, -0.2) is 73.6 Å². The monoisotopic (exact) mass is 311 g/mol. The molecule has 1 aromatic rings. The van der Waals surface area contributed by atoms with Crippen LogP contribution in [0.4, 0.5) is 5.69 Å². The lowest BCUT2D eigenvalue weighted by molar-refractivity contribution is -0.117. The van der Waals surface area contributed by atoms with Gasteiger partial charge < -0.3 is 10.6 Å². The number of rotatable bonds is 6. The van der Waals surface area contributed by atoms with Crippen LogP contribution in [0.15, 0.2) is 18.3 Å². The van der Waals surface area contributed by atoms with E-state index in [9.17, 15) is 4.79 Å². The Morgan fingerprint density at radius 3 is 3.00 bits per heavy atom. The molecule has 0 radical (unpaired) electrons. The van der Waals surface area contributed by atoms with Gasteiger partial charge in [-0.1, -0.05) is 11.6 Å². The van der Waals surface area contributed by atoms with Gasteiger partial charge in [0.1, 0.15) is 0 Å². The van der Waals surface area contributed by atoms with E-state index >= 15 is 0 Å². The van der Waals surface area contributed by atoms with Crippen molar-refractivity contribution in [2.75, 3.05) is 58.2 Å². The van der Waals surface area contributed by atoms with Gasteiger partial charge in [-0.15, -0.1) is 0 Å². The molecule has 0 spiro atoms. The average Bonchev–Trinajstić information content (AvgIpc) is 2.48. The molecule has 7 heteroatoms. The molecule has 1 aliphatic heterocycles. The smallest absolute Gasteiger partial charge is 0.238 e. The van der Waals surface area contributed by atoms with E-state index < -0.39 is 0 Å². The zero-order chi connectivity index (χ0) is 15.1. The second kappa shape index (κ2) is 8.29. The van der Waals surface area contributed by atoms with Crippen molar-refractivity contribution in [1.82, 2.24) is 20.1 Å². The Hall–Kier alpha value is -1.21. The number of nitrogens with one attached hydrogen (secondary N) is 2. The molecule has 0 saturated carbocycles. The quantitative estimate of drug-likeness (QED) is 0.750. The Labute approximate surface area is 130 Å². The second-order valence-electron chi connectivity index (χ2n) is 5.22. The van der Waals surface area contributed by atoms with E-state index in [0.29, 0.717) is 17.4 Å². The van der Waals surface area contributed by atoms with Gasteiger partial charge in [0.05, 0.1) is 12.2 Å². The summed E-state index contributed by atoms with van der Waals surface area (Å²) < 4.78 is 0. The zero-order valence-electron chi connectivity index (χ0n) is 12.3. The maximum atomic E-state index is 12.0. The summed E-state index contributed by atoms with van der Waals surface area (Å²) in [6, 6.07) is 3.49. The van der Waals surface area contributed by atoms with Gasteiger partial charge in [0.2, 0.25) is 5.91 Å². The van der Waals surface area contributed by atoms with Gasteiger partial charge in [-0.2, -0.15) is 0 Å². The van der Waals surface area contributed by atoms with Crippen LogP contribution in [0, 0.1) is 0 Å². The fourth-order valence-corrected chi connectivity index (χ4v) is 2.41. The highest BCUT2D eigenvalue weighted by molar-refractivity contribution is 6.32. The minimum atomic E-state index is -0.0762. The molecule has 2 N–H and O–H groups in total. The van der Waals surface area contributed by atoms with Gasteiger partial charge in [-0.05, 0) is 19.2 Å². The van der Waals surface area contributed by atoms with Crippen LogP contribution in [0.2, 0.25) is 5.15 Å². The molecule has 21 heavy (non-hydrogen) atoms. The first kappa shape index (κ1) is 16.2. The summed E-state index contributed by atoms with van der Waals surface area (Å²) in [6.07, 6.45) is 1.59. The fourth-order valence-electron chi connectivity index (χ4n) is 2.24. The highest BCUT2D eigenvalue weighted by Crippen LogP contribution is 2.17. The van der Waals surface area contributed by atoms with Gasteiger partial charge in [0.15, 0.2) is 5.15 Å². The summed E-state index contributed by atoms with van der Waals surface area (Å²) in [5, 5.41) is 6.42. The van der Waals surface area contributed by atoms with E-state index in [1.54, 1.807) is 18.3 Å². The predicted octanol–water partition coefficient (Wildman–Crippen LogP) is 0.511. The first-order chi connectivity index (χ1) is 10.1. The van der Waals surface area contributed by atoms with Gasteiger partial charge >= 0.3 is 0 Å². The number of carbonyl (C=O) groups excluding carboxylic acids is 1. The summed E-state index contributed by atoms with van der Waals surface area (Å²) >= 11 is 5.92. The fraction of sp³-hybridized carbons (Fsp3) is 0.571. The molecule has 116 valence electrons. The molecule has 0 atom stereocenters. The maximum absolute atomic E-state index is 12.0. The lowest BCUT2D eigenvalue weighted by Gasteiger charge is -2.28. The van der Waals surface area contributed by atoms with Crippen molar-refractivity contribution in [3.63, 3.8) is 0 Å². The van der Waals surface area contributed by atoms with Crippen molar-refractivity contribution in [3.05, 3.63) is 23.5 Å². The maximum Gasteiger partial charge on any atom is 0.238 e. The third-order valence-corrected chi connectivity index (χ3v) is 3.76. The molecule has 1 amide bonds. The number of piperazine rings is 1. The molecule has 1 aliphatic rings. The van der Waals surface area contributed by atoms with E-state index in [2.05, 4.69) is 20.5 Å². The number of amides is 1. The van der Waals surface area contributed by atoms with Crippen LogP contribution in [0.5, 0.6) is 0 Å². The normalized spacial score (nSPS) is 16.1. The first-order valence-corrected chi connectivity index (χ1v) is 7.55. The average molecular weight is 312 g/mol. The standard InChI is InChI=1S/C14H22ClN5O/c1-19(9-10-20-7-5-16-6-8-20)11-13(21)18-12-3-2-4-17-14(12)15/h2-4,16H,5-11H2,1H3,(H,18,21). The first-order valence-electron chi connectivity index (χ1n) is 7.17. The second-order valence-corrected chi connectivity index (χ2v) is 5.58. The van der Waals surface area contributed by atoms with Crippen LogP contribution in [0.25, 0.3) is 0 Å². The Morgan fingerprint density at radius 1 is 1.52 bits per heavy atom. The number of hydrogen-bond donors (Lipinski definition) is 2. The van der Waals surface area contributed by atoms with Crippen LogP contribution >= 0.6 is 11.6 Å². The van der Waals surface area contributed by atoms with Gasteiger partial charge in [0.25, 0.3) is 0 Å². The van der Waals surface area contributed by atoms with Crippen molar-refractivity contribution >= 4 is 23.2 Å². The number of nitrogens with zero attached hydrogens (tertiary/aromatic N) is 3. The topological polar surface area (TPSA) is 60.5 Å². The SMILES string of the molecule is CN(CCN1CCNCC1)CC(=O)Nc1cccnc1Cl. The molecular weight excluding hydrogens is 290 g/mol. The lowest BCUT2D eigenvalue weighted by atomic mass is 10.3. The van der Waals surface area contributed by atoms with Crippen LogP contribution in [0.1, 0.15) is 0 Å². The van der Waals surface area contributed by atoms with E-state index in [0.717, 1.165) is 39.3 Å². The Balaban J connectivity index is 1.70. The minimum absolute atomic E-state index is 0.0762. The number of aromatic nitrogens is 1. The van der Waals surface area contributed by atoms with Crippen molar-refractivity contribution in [3.8, 4) is 0 Å². The molecule has 1 aromatic heterocycles. The largest absolute Gasteiger partial charge is 0.322 e. The molecule has 1 fully saturated rings. The molecule has 0 aliphatic carbocycles. The summed E-state index contributed by atoms with van der Waals surface area (Å²) in [5.41, 5.74) is 0.555. The minimum Gasteiger partial charge on any atom is -0.322 e.